The quantitative estimate of drug-likeness (QED) is 0.548. The van der Waals surface area contributed by atoms with Crippen LogP contribution < -0.4 is 0 Å². The second-order valence-corrected chi connectivity index (χ2v) is 3.39. The van der Waals surface area contributed by atoms with Gasteiger partial charge in [0.1, 0.15) is 0 Å². The van der Waals surface area contributed by atoms with Gasteiger partial charge in [0.15, 0.2) is 0 Å². The molecule has 5 heteroatoms. The molecule has 0 amide bonds. The lowest BCUT2D eigenvalue weighted by atomic mass is 10.3. The van der Waals surface area contributed by atoms with E-state index in [9.17, 15) is 10.1 Å². The number of rotatable bonds is 3. The molecule has 0 bridgehead atoms. The van der Waals surface area contributed by atoms with Gasteiger partial charge >= 0.3 is 0 Å². The summed E-state index contributed by atoms with van der Waals surface area (Å²) in [6, 6.07) is 0.271. The summed E-state index contributed by atoms with van der Waals surface area (Å²) in [6.45, 7) is 5.47. The molecule has 0 radical (unpaired) electrons. The summed E-state index contributed by atoms with van der Waals surface area (Å²) >= 11 is 0. The number of nitro groups is 1. The Morgan fingerprint density at radius 1 is 1.71 bits per heavy atom. The van der Waals surface area contributed by atoms with Crippen LogP contribution in [0.15, 0.2) is 18.1 Å². The van der Waals surface area contributed by atoms with Crippen LogP contribution in [0.4, 0.5) is 0 Å². The third-order valence-corrected chi connectivity index (χ3v) is 1.81. The fraction of sp³-hybridized carbons (Fsp3) is 0.444. The van der Waals surface area contributed by atoms with Crippen LogP contribution in [0, 0.1) is 10.1 Å². The molecule has 1 rings (SSSR count). The van der Waals surface area contributed by atoms with Gasteiger partial charge in [0.25, 0.3) is 0 Å². The molecular formula is C9H13N3O2. The Labute approximate surface area is 82.2 Å². The molecule has 0 spiro atoms. The van der Waals surface area contributed by atoms with Gasteiger partial charge < -0.3 is 0 Å². The van der Waals surface area contributed by atoms with Gasteiger partial charge in [-0.25, -0.2) is 0 Å². The molecule has 1 aromatic heterocycles. The molecule has 5 nitrogen and oxygen atoms in total. The highest BCUT2D eigenvalue weighted by Gasteiger charge is 2.04. The SMILES string of the molecule is C/C(=C/c1cnn(C(C)C)c1)[N+](=O)[O-]. The van der Waals surface area contributed by atoms with E-state index in [0.717, 1.165) is 5.56 Å². The molecule has 0 unspecified atom stereocenters. The third-order valence-electron chi connectivity index (χ3n) is 1.81. The molecule has 0 saturated heterocycles. The Morgan fingerprint density at radius 3 is 2.79 bits per heavy atom. The van der Waals surface area contributed by atoms with E-state index in [1.54, 1.807) is 17.1 Å². The van der Waals surface area contributed by atoms with Gasteiger partial charge in [0, 0.05) is 30.8 Å². The minimum absolute atomic E-state index is 0.119. The molecular weight excluding hydrogens is 182 g/mol. The zero-order valence-corrected chi connectivity index (χ0v) is 8.47. The van der Waals surface area contributed by atoms with Gasteiger partial charge in [0.2, 0.25) is 5.70 Å². The summed E-state index contributed by atoms with van der Waals surface area (Å²) in [6.07, 6.45) is 4.91. The maximum Gasteiger partial charge on any atom is 0.243 e. The van der Waals surface area contributed by atoms with Crippen molar-refractivity contribution >= 4 is 6.08 Å². The van der Waals surface area contributed by atoms with Gasteiger partial charge in [0.05, 0.1) is 11.1 Å². The normalized spacial score (nSPS) is 12.1. The number of hydrogen-bond donors (Lipinski definition) is 0. The molecule has 0 aliphatic carbocycles. The zero-order valence-electron chi connectivity index (χ0n) is 8.47. The van der Waals surface area contributed by atoms with E-state index in [0.29, 0.717) is 0 Å². The molecule has 0 N–H and O–H groups in total. The second kappa shape index (κ2) is 4.04. The first-order chi connectivity index (χ1) is 6.50. The largest absolute Gasteiger partial charge is 0.270 e. The second-order valence-electron chi connectivity index (χ2n) is 3.39. The van der Waals surface area contributed by atoms with Crippen molar-refractivity contribution in [3.8, 4) is 0 Å². The maximum absolute atomic E-state index is 10.4. The number of allylic oxidation sites excluding steroid dienone is 1. The van der Waals surface area contributed by atoms with E-state index in [2.05, 4.69) is 5.10 Å². The van der Waals surface area contributed by atoms with Gasteiger partial charge in [-0.05, 0) is 13.8 Å². The fourth-order valence-corrected chi connectivity index (χ4v) is 1.00. The van der Waals surface area contributed by atoms with Crippen molar-refractivity contribution in [3.63, 3.8) is 0 Å². The van der Waals surface area contributed by atoms with Crippen molar-refractivity contribution in [3.05, 3.63) is 33.8 Å². The monoisotopic (exact) mass is 195 g/mol. The summed E-state index contributed by atoms with van der Waals surface area (Å²) in [5.74, 6) is 0. The first-order valence-corrected chi connectivity index (χ1v) is 4.37. The summed E-state index contributed by atoms with van der Waals surface area (Å²) < 4.78 is 1.76. The minimum Gasteiger partial charge on any atom is -0.270 e. The van der Waals surface area contributed by atoms with E-state index in [1.807, 2.05) is 13.8 Å². The molecule has 0 aliphatic heterocycles. The lowest BCUT2D eigenvalue weighted by molar-refractivity contribution is -0.422. The lowest BCUT2D eigenvalue weighted by Gasteiger charge is -2.02. The summed E-state index contributed by atoms with van der Waals surface area (Å²) in [5.41, 5.74) is 0.876. The van der Waals surface area contributed by atoms with Crippen LogP contribution >= 0.6 is 0 Å². The Morgan fingerprint density at radius 2 is 2.36 bits per heavy atom. The lowest BCUT2D eigenvalue weighted by Crippen LogP contribution is -1.99. The van der Waals surface area contributed by atoms with Crippen molar-refractivity contribution in [1.82, 2.24) is 9.78 Å². The van der Waals surface area contributed by atoms with E-state index in [1.165, 1.54) is 13.0 Å². The summed E-state index contributed by atoms with van der Waals surface area (Å²) in [5, 5.41) is 14.4. The van der Waals surface area contributed by atoms with Crippen LogP contribution in [0.1, 0.15) is 32.4 Å². The van der Waals surface area contributed by atoms with Crippen LogP contribution in [-0.2, 0) is 0 Å². The molecule has 1 heterocycles. The molecule has 0 saturated carbocycles. The van der Waals surface area contributed by atoms with Crippen molar-refractivity contribution in [1.29, 1.82) is 0 Å². The molecule has 14 heavy (non-hydrogen) atoms. The Bertz CT molecular complexity index is 366. The minimum atomic E-state index is -0.410. The predicted octanol–water partition coefficient (Wildman–Crippen LogP) is 2.10. The van der Waals surface area contributed by atoms with Gasteiger partial charge in [-0.3, -0.25) is 14.8 Å². The summed E-state index contributed by atoms with van der Waals surface area (Å²) in [7, 11) is 0. The van der Waals surface area contributed by atoms with Crippen LogP contribution in [0.25, 0.3) is 6.08 Å². The molecule has 0 aromatic carbocycles. The van der Waals surface area contributed by atoms with Crippen molar-refractivity contribution < 1.29 is 4.92 Å². The highest BCUT2D eigenvalue weighted by molar-refractivity contribution is 5.48. The standard InChI is InChI=1S/C9H13N3O2/c1-7(2)11-6-9(5-10-11)4-8(3)12(13)14/h4-7H,1-3H3/b8-4-. The Kier molecular flexibility index (Phi) is 3.01. The highest BCUT2D eigenvalue weighted by atomic mass is 16.6. The van der Waals surface area contributed by atoms with Crippen molar-refractivity contribution in [2.45, 2.75) is 26.8 Å². The van der Waals surface area contributed by atoms with Crippen molar-refractivity contribution in [2.24, 2.45) is 0 Å². The summed E-state index contributed by atoms with van der Waals surface area (Å²) in [4.78, 5) is 9.94. The van der Waals surface area contributed by atoms with Crippen LogP contribution in [0.2, 0.25) is 0 Å². The van der Waals surface area contributed by atoms with Gasteiger partial charge in [-0.1, -0.05) is 0 Å². The van der Waals surface area contributed by atoms with E-state index in [-0.39, 0.29) is 11.7 Å². The molecule has 0 aliphatic rings. The van der Waals surface area contributed by atoms with Crippen LogP contribution in [0.5, 0.6) is 0 Å². The zero-order chi connectivity index (χ0) is 10.7. The number of nitrogens with zero attached hydrogens (tertiary/aromatic N) is 3. The predicted molar refractivity (Wildman–Crippen MR) is 53.3 cm³/mol. The van der Waals surface area contributed by atoms with Crippen molar-refractivity contribution in [2.75, 3.05) is 0 Å². The fourth-order valence-electron chi connectivity index (χ4n) is 1.00. The number of hydrogen-bond acceptors (Lipinski definition) is 3. The average Bonchev–Trinajstić information content (AvgIpc) is 2.52. The molecule has 0 fully saturated rings. The van der Waals surface area contributed by atoms with E-state index in [4.69, 9.17) is 0 Å². The Hall–Kier alpha value is -1.65. The maximum atomic E-state index is 10.4. The molecule has 76 valence electrons. The molecule has 1 aromatic rings. The third kappa shape index (κ3) is 2.42. The van der Waals surface area contributed by atoms with Gasteiger partial charge in [-0.2, -0.15) is 5.10 Å². The molecule has 0 atom stereocenters. The highest BCUT2D eigenvalue weighted by Crippen LogP contribution is 2.09. The van der Waals surface area contributed by atoms with Crippen LogP contribution in [0.3, 0.4) is 0 Å². The van der Waals surface area contributed by atoms with Crippen LogP contribution in [-0.4, -0.2) is 14.7 Å². The first-order valence-electron chi connectivity index (χ1n) is 4.37. The van der Waals surface area contributed by atoms with Gasteiger partial charge in [-0.15, -0.1) is 0 Å². The average molecular weight is 195 g/mol. The number of aromatic nitrogens is 2. The topological polar surface area (TPSA) is 61.0 Å². The van der Waals surface area contributed by atoms with E-state index < -0.39 is 4.92 Å². The Balaban J connectivity index is 2.88. The first kappa shape index (κ1) is 10.4. The smallest absolute Gasteiger partial charge is 0.243 e. The van der Waals surface area contributed by atoms with E-state index >= 15 is 0 Å².